The molecule has 1 aromatic rings. The van der Waals surface area contributed by atoms with Crippen LogP contribution in [-0.2, 0) is 6.42 Å². The first-order valence-electron chi connectivity index (χ1n) is 7.21. The SMILES string of the molecule is CCCCCCc1nc(C#N)c(C#N)nc1NCCC. The summed E-state index contributed by atoms with van der Waals surface area (Å²) in [6.07, 6.45) is 6.32. The Kier molecular flexibility index (Phi) is 7.06. The minimum atomic E-state index is 0.100. The van der Waals surface area contributed by atoms with E-state index in [4.69, 9.17) is 10.5 Å². The third-order valence-electron chi connectivity index (χ3n) is 2.99. The van der Waals surface area contributed by atoms with Crippen molar-refractivity contribution >= 4 is 5.82 Å². The zero-order valence-electron chi connectivity index (χ0n) is 12.2. The molecule has 0 aliphatic heterocycles. The number of nitrogens with one attached hydrogen (secondary N) is 1. The third-order valence-corrected chi connectivity index (χ3v) is 2.99. The zero-order chi connectivity index (χ0) is 14.8. The lowest BCUT2D eigenvalue weighted by Gasteiger charge is -2.10. The monoisotopic (exact) mass is 271 g/mol. The molecule has 0 bridgehead atoms. The number of unbranched alkanes of at least 4 members (excludes halogenated alkanes) is 3. The summed E-state index contributed by atoms with van der Waals surface area (Å²) in [4.78, 5) is 8.55. The van der Waals surface area contributed by atoms with Crippen LogP contribution in [0.4, 0.5) is 5.82 Å². The van der Waals surface area contributed by atoms with Crippen LogP contribution in [0.2, 0.25) is 0 Å². The molecule has 0 radical (unpaired) electrons. The molecule has 106 valence electrons. The van der Waals surface area contributed by atoms with Gasteiger partial charge in [-0.1, -0.05) is 33.1 Å². The van der Waals surface area contributed by atoms with Crippen molar-refractivity contribution in [3.63, 3.8) is 0 Å². The molecule has 1 aromatic heterocycles. The number of nitrogens with zero attached hydrogens (tertiary/aromatic N) is 4. The number of aryl methyl sites for hydroxylation is 1. The van der Waals surface area contributed by atoms with E-state index in [0.717, 1.165) is 37.9 Å². The van der Waals surface area contributed by atoms with Gasteiger partial charge in [-0.05, 0) is 19.3 Å². The van der Waals surface area contributed by atoms with Gasteiger partial charge in [0.1, 0.15) is 18.0 Å². The van der Waals surface area contributed by atoms with E-state index in [1.165, 1.54) is 12.8 Å². The van der Waals surface area contributed by atoms with E-state index < -0.39 is 0 Å². The summed E-state index contributed by atoms with van der Waals surface area (Å²) in [7, 11) is 0. The standard InChI is InChI=1S/C15H21N5/c1-3-5-6-7-8-12-15(18-9-4-2)20-14(11-17)13(10-16)19-12/h3-9H2,1-2H3,(H,18,20). The summed E-state index contributed by atoms with van der Waals surface area (Å²) in [5.74, 6) is 0.652. The van der Waals surface area contributed by atoms with Crippen molar-refractivity contribution < 1.29 is 0 Å². The predicted molar refractivity (Wildman–Crippen MR) is 78.1 cm³/mol. The number of nitriles is 2. The molecule has 0 aliphatic carbocycles. The topological polar surface area (TPSA) is 85.4 Å². The van der Waals surface area contributed by atoms with Crippen LogP contribution in [0.25, 0.3) is 0 Å². The van der Waals surface area contributed by atoms with Crippen molar-refractivity contribution in [2.24, 2.45) is 0 Å². The molecular weight excluding hydrogens is 250 g/mol. The van der Waals surface area contributed by atoms with Crippen LogP contribution in [0.1, 0.15) is 63.0 Å². The van der Waals surface area contributed by atoms with Gasteiger partial charge in [0.2, 0.25) is 0 Å². The van der Waals surface area contributed by atoms with Crippen LogP contribution in [0, 0.1) is 22.7 Å². The van der Waals surface area contributed by atoms with Crippen molar-refractivity contribution in [3.8, 4) is 12.1 Å². The second kappa shape index (κ2) is 8.87. The van der Waals surface area contributed by atoms with Crippen LogP contribution in [-0.4, -0.2) is 16.5 Å². The second-order valence-corrected chi connectivity index (χ2v) is 4.68. The quantitative estimate of drug-likeness (QED) is 0.734. The number of hydrogen-bond donors (Lipinski definition) is 1. The fourth-order valence-corrected chi connectivity index (χ4v) is 1.90. The fraction of sp³-hybridized carbons (Fsp3) is 0.600. The van der Waals surface area contributed by atoms with E-state index in [9.17, 15) is 0 Å². The zero-order valence-corrected chi connectivity index (χ0v) is 12.2. The van der Waals surface area contributed by atoms with E-state index >= 15 is 0 Å². The average molecular weight is 271 g/mol. The molecule has 0 fully saturated rings. The summed E-state index contributed by atoms with van der Waals surface area (Å²) in [5.41, 5.74) is 1.02. The van der Waals surface area contributed by atoms with Crippen molar-refractivity contribution in [1.29, 1.82) is 10.5 Å². The molecule has 0 unspecified atom stereocenters. The molecule has 5 nitrogen and oxygen atoms in total. The lowest BCUT2D eigenvalue weighted by molar-refractivity contribution is 0.659. The van der Waals surface area contributed by atoms with Crippen LogP contribution < -0.4 is 5.32 Å². The Morgan fingerprint density at radius 2 is 1.65 bits per heavy atom. The molecular formula is C15H21N5. The van der Waals surface area contributed by atoms with E-state index in [0.29, 0.717) is 5.82 Å². The predicted octanol–water partition coefficient (Wildman–Crippen LogP) is 3.16. The average Bonchev–Trinajstić information content (AvgIpc) is 2.49. The Hall–Kier alpha value is -2.14. The molecule has 0 saturated heterocycles. The Balaban J connectivity index is 2.93. The Bertz CT molecular complexity index is 510. The first kappa shape index (κ1) is 15.9. The van der Waals surface area contributed by atoms with Gasteiger partial charge in [0.05, 0.1) is 5.69 Å². The molecule has 1 N–H and O–H groups in total. The summed E-state index contributed by atoms with van der Waals surface area (Å²) in [6.45, 7) is 5.02. The van der Waals surface area contributed by atoms with Crippen molar-refractivity contribution in [3.05, 3.63) is 17.1 Å². The van der Waals surface area contributed by atoms with Crippen LogP contribution >= 0.6 is 0 Å². The highest BCUT2D eigenvalue weighted by molar-refractivity contribution is 5.47. The molecule has 5 heteroatoms. The smallest absolute Gasteiger partial charge is 0.179 e. The largest absolute Gasteiger partial charge is 0.369 e. The number of aromatic nitrogens is 2. The van der Waals surface area contributed by atoms with Gasteiger partial charge in [-0.3, -0.25) is 0 Å². The maximum absolute atomic E-state index is 9.03. The van der Waals surface area contributed by atoms with Gasteiger partial charge < -0.3 is 5.32 Å². The summed E-state index contributed by atoms with van der Waals surface area (Å²) >= 11 is 0. The molecule has 0 aromatic carbocycles. The minimum Gasteiger partial charge on any atom is -0.369 e. The first-order chi connectivity index (χ1) is 9.76. The maximum atomic E-state index is 9.03. The second-order valence-electron chi connectivity index (χ2n) is 4.68. The molecule has 0 atom stereocenters. The van der Waals surface area contributed by atoms with Crippen molar-refractivity contribution in [2.45, 2.75) is 52.4 Å². The van der Waals surface area contributed by atoms with Gasteiger partial charge in [-0.15, -0.1) is 0 Å². The molecule has 0 amide bonds. The summed E-state index contributed by atoms with van der Waals surface area (Å²) < 4.78 is 0. The Labute approximate surface area is 120 Å². The molecule has 0 spiro atoms. The molecule has 0 saturated carbocycles. The van der Waals surface area contributed by atoms with Gasteiger partial charge in [0.15, 0.2) is 11.4 Å². The van der Waals surface area contributed by atoms with E-state index in [2.05, 4.69) is 29.1 Å². The highest BCUT2D eigenvalue weighted by Crippen LogP contribution is 2.17. The van der Waals surface area contributed by atoms with Crippen LogP contribution in [0.5, 0.6) is 0 Å². The van der Waals surface area contributed by atoms with Crippen molar-refractivity contribution in [1.82, 2.24) is 9.97 Å². The normalized spacial score (nSPS) is 9.80. The van der Waals surface area contributed by atoms with Gasteiger partial charge in [-0.25, -0.2) is 9.97 Å². The van der Waals surface area contributed by atoms with E-state index in [1.807, 2.05) is 12.1 Å². The van der Waals surface area contributed by atoms with Gasteiger partial charge in [-0.2, -0.15) is 10.5 Å². The lowest BCUT2D eigenvalue weighted by Crippen LogP contribution is -2.10. The third kappa shape index (κ3) is 4.51. The summed E-state index contributed by atoms with van der Waals surface area (Å²) in [6, 6.07) is 3.88. The van der Waals surface area contributed by atoms with Gasteiger partial charge >= 0.3 is 0 Å². The van der Waals surface area contributed by atoms with Crippen LogP contribution in [0.3, 0.4) is 0 Å². The number of anilines is 1. The lowest BCUT2D eigenvalue weighted by atomic mass is 10.1. The Morgan fingerprint density at radius 1 is 0.950 bits per heavy atom. The van der Waals surface area contributed by atoms with E-state index in [1.54, 1.807) is 0 Å². The van der Waals surface area contributed by atoms with E-state index in [-0.39, 0.29) is 11.4 Å². The first-order valence-corrected chi connectivity index (χ1v) is 7.21. The van der Waals surface area contributed by atoms with Gasteiger partial charge in [0.25, 0.3) is 0 Å². The number of hydrogen-bond acceptors (Lipinski definition) is 5. The minimum absolute atomic E-state index is 0.100. The molecule has 20 heavy (non-hydrogen) atoms. The van der Waals surface area contributed by atoms with Gasteiger partial charge in [0, 0.05) is 6.54 Å². The Morgan fingerprint density at radius 3 is 2.25 bits per heavy atom. The maximum Gasteiger partial charge on any atom is 0.179 e. The molecule has 1 rings (SSSR count). The molecule has 0 aliphatic rings. The highest BCUT2D eigenvalue weighted by atomic mass is 15.0. The summed E-state index contributed by atoms with van der Waals surface area (Å²) in [5, 5.41) is 21.2. The fourth-order valence-electron chi connectivity index (χ4n) is 1.90. The van der Waals surface area contributed by atoms with Crippen LogP contribution in [0.15, 0.2) is 0 Å². The number of rotatable bonds is 8. The van der Waals surface area contributed by atoms with Crippen molar-refractivity contribution in [2.75, 3.05) is 11.9 Å². The highest BCUT2D eigenvalue weighted by Gasteiger charge is 2.12. The molecule has 1 heterocycles.